The summed E-state index contributed by atoms with van der Waals surface area (Å²) in [6.07, 6.45) is 0. The number of ether oxygens (including phenoxy) is 2. The van der Waals surface area contributed by atoms with Crippen LogP contribution in [0.4, 0.5) is 5.69 Å². The van der Waals surface area contributed by atoms with Gasteiger partial charge in [0.25, 0.3) is 0 Å². The maximum absolute atomic E-state index is 12.2. The van der Waals surface area contributed by atoms with Crippen molar-refractivity contribution in [1.29, 1.82) is 0 Å². The summed E-state index contributed by atoms with van der Waals surface area (Å²) >= 11 is 1.79. The van der Waals surface area contributed by atoms with E-state index >= 15 is 0 Å². The topological polar surface area (TPSA) is 59.6 Å². The van der Waals surface area contributed by atoms with Gasteiger partial charge in [0.05, 0.1) is 20.3 Å². The molecule has 1 aliphatic rings. The van der Waals surface area contributed by atoms with E-state index in [1.807, 2.05) is 13.0 Å². The molecule has 110 valence electrons. The van der Waals surface area contributed by atoms with Crippen molar-refractivity contribution in [1.82, 2.24) is 5.32 Å². The third-order valence-corrected chi connectivity index (χ3v) is 4.29. The number of thioether (sulfide) groups is 1. The van der Waals surface area contributed by atoms with Crippen LogP contribution in [0.2, 0.25) is 0 Å². The quantitative estimate of drug-likeness (QED) is 0.885. The molecule has 0 saturated carbocycles. The lowest BCUT2D eigenvalue weighted by atomic mass is 10.1. The highest BCUT2D eigenvalue weighted by atomic mass is 32.2. The van der Waals surface area contributed by atoms with Crippen molar-refractivity contribution in [3.05, 3.63) is 17.7 Å². The largest absolute Gasteiger partial charge is 0.493 e. The predicted octanol–water partition coefficient (Wildman–Crippen LogP) is 1.66. The van der Waals surface area contributed by atoms with Gasteiger partial charge in [0.2, 0.25) is 5.91 Å². The van der Waals surface area contributed by atoms with Crippen LogP contribution in [-0.4, -0.2) is 44.2 Å². The monoisotopic (exact) mass is 296 g/mol. The molecule has 1 aromatic rings. The van der Waals surface area contributed by atoms with Gasteiger partial charge in [0.15, 0.2) is 11.5 Å². The van der Waals surface area contributed by atoms with Gasteiger partial charge in [-0.25, -0.2) is 0 Å². The second-order valence-corrected chi connectivity index (χ2v) is 5.74. The van der Waals surface area contributed by atoms with Gasteiger partial charge in [-0.2, -0.15) is 11.8 Å². The van der Waals surface area contributed by atoms with Crippen LogP contribution in [0.1, 0.15) is 5.56 Å². The van der Waals surface area contributed by atoms with Crippen molar-refractivity contribution < 1.29 is 14.3 Å². The van der Waals surface area contributed by atoms with E-state index in [0.29, 0.717) is 11.5 Å². The van der Waals surface area contributed by atoms with Gasteiger partial charge >= 0.3 is 0 Å². The highest BCUT2D eigenvalue weighted by molar-refractivity contribution is 7.99. The average Bonchev–Trinajstić information content (AvgIpc) is 2.49. The molecule has 5 nitrogen and oxygen atoms in total. The first kappa shape index (κ1) is 15.0. The fraction of sp³-hybridized carbons (Fsp3) is 0.500. The Kier molecular flexibility index (Phi) is 5.14. The maximum atomic E-state index is 12.2. The minimum absolute atomic E-state index is 0.00693. The minimum atomic E-state index is -0.138. The zero-order chi connectivity index (χ0) is 14.5. The average molecular weight is 296 g/mol. The molecule has 2 N–H and O–H groups in total. The highest BCUT2D eigenvalue weighted by Crippen LogP contribution is 2.33. The molecule has 1 aliphatic heterocycles. The lowest BCUT2D eigenvalue weighted by Crippen LogP contribution is -2.46. The van der Waals surface area contributed by atoms with Crippen LogP contribution in [0.15, 0.2) is 12.1 Å². The smallest absolute Gasteiger partial charge is 0.242 e. The number of benzene rings is 1. The summed E-state index contributed by atoms with van der Waals surface area (Å²) in [4.78, 5) is 12.2. The van der Waals surface area contributed by atoms with Crippen molar-refractivity contribution in [2.45, 2.75) is 13.0 Å². The van der Waals surface area contributed by atoms with Crippen LogP contribution in [0.25, 0.3) is 0 Å². The molecular weight excluding hydrogens is 276 g/mol. The van der Waals surface area contributed by atoms with E-state index in [-0.39, 0.29) is 11.9 Å². The molecule has 1 aromatic carbocycles. The van der Waals surface area contributed by atoms with Crippen molar-refractivity contribution >= 4 is 23.4 Å². The van der Waals surface area contributed by atoms with Crippen molar-refractivity contribution in [3.8, 4) is 11.5 Å². The highest BCUT2D eigenvalue weighted by Gasteiger charge is 2.21. The van der Waals surface area contributed by atoms with E-state index in [1.165, 1.54) is 0 Å². The SMILES string of the molecule is COc1cc(C)c(NC(=O)C2CSCCN2)cc1OC. The molecule has 1 saturated heterocycles. The number of carbonyl (C=O) groups excluding carboxylic acids is 1. The maximum Gasteiger partial charge on any atom is 0.242 e. The van der Waals surface area contributed by atoms with E-state index in [4.69, 9.17) is 9.47 Å². The zero-order valence-corrected chi connectivity index (χ0v) is 12.8. The molecule has 1 unspecified atom stereocenters. The Morgan fingerprint density at radius 2 is 2.05 bits per heavy atom. The molecule has 0 bridgehead atoms. The van der Waals surface area contributed by atoms with Gasteiger partial charge < -0.3 is 20.1 Å². The van der Waals surface area contributed by atoms with Crippen molar-refractivity contribution in [3.63, 3.8) is 0 Å². The summed E-state index contributed by atoms with van der Waals surface area (Å²) in [6, 6.07) is 3.51. The fourth-order valence-corrected chi connectivity index (χ4v) is 3.00. The molecule has 0 aliphatic carbocycles. The van der Waals surface area contributed by atoms with Gasteiger partial charge in [-0.15, -0.1) is 0 Å². The van der Waals surface area contributed by atoms with E-state index in [1.54, 1.807) is 32.0 Å². The number of anilines is 1. The van der Waals surface area contributed by atoms with Crippen LogP contribution >= 0.6 is 11.8 Å². The number of hydrogen-bond acceptors (Lipinski definition) is 5. The number of hydrogen-bond donors (Lipinski definition) is 2. The third kappa shape index (κ3) is 3.37. The first-order valence-corrected chi connectivity index (χ1v) is 7.65. The van der Waals surface area contributed by atoms with Crippen LogP contribution in [0, 0.1) is 6.92 Å². The Morgan fingerprint density at radius 3 is 2.65 bits per heavy atom. The molecule has 0 spiro atoms. The Morgan fingerprint density at radius 1 is 1.35 bits per heavy atom. The van der Waals surface area contributed by atoms with E-state index in [0.717, 1.165) is 29.3 Å². The zero-order valence-electron chi connectivity index (χ0n) is 12.0. The second-order valence-electron chi connectivity index (χ2n) is 4.59. The number of amides is 1. The number of nitrogens with one attached hydrogen (secondary N) is 2. The minimum Gasteiger partial charge on any atom is -0.493 e. The predicted molar refractivity (Wildman–Crippen MR) is 82.0 cm³/mol. The molecule has 20 heavy (non-hydrogen) atoms. The van der Waals surface area contributed by atoms with Crippen LogP contribution < -0.4 is 20.1 Å². The lowest BCUT2D eigenvalue weighted by Gasteiger charge is -2.23. The molecule has 0 aromatic heterocycles. The number of methoxy groups -OCH3 is 2. The third-order valence-electron chi connectivity index (χ3n) is 3.23. The Bertz CT molecular complexity index is 488. The summed E-state index contributed by atoms with van der Waals surface area (Å²) in [5, 5.41) is 6.18. The second kappa shape index (κ2) is 6.85. The number of aryl methyl sites for hydroxylation is 1. The molecular formula is C14H20N2O3S. The van der Waals surface area contributed by atoms with Gasteiger partial charge in [-0.1, -0.05) is 0 Å². The Hall–Kier alpha value is -1.40. The summed E-state index contributed by atoms with van der Waals surface area (Å²) in [7, 11) is 3.18. The van der Waals surface area contributed by atoms with Crippen molar-refractivity contribution in [2.24, 2.45) is 0 Å². The van der Waals surface area contributed by atoms with Gasteiger partial charge in [-0.3, -0.25) is 4.79 Å². The van der Waals surface area contributed by atoms with Crippen LogP contribution in [0.3, 0.4) is 0 Å². The van der Waals surface area contributed by atoms with Crippen LogP contribution in [-0.2, 0) is 4.79 Å². The number of rotatable bonds is 4. The van der Waals surface area contributed by atoms with Gasteiger partial charge in [0, 0.05) is 29.8 Å². The molecule has 2 rings (SSSR count). The summed E-state index contributed by atoms with van der Waals surface area (Å²) in [5.74, 6) is 3.12. The van der Waals surface area contributed by atoms with Crippen LogP contribution in [0.5, 0.6) is 11.5 Å². The Labute approximate surface area is 123 Å². The summed E-state index contributed by atoms with van der Waals surface area (Å²) in [5.41, 5.74) is 1.70. The van der Waals surface area contributed by atoms with E-state index in [9.17, 15) is 4.79 Å². The van der Waals surface area contributed by atoms with E-state index in [2.05, 4.69) is 10.6 Å². The first-order valence-electron chi connectivity index (χ1n) is 6.50. The lowest BCUT2D eigenvalue weighted by molar-refractivity contribution is -0.117. The number of carbonyl (C=O) groups is 1. The molecule has 1 atom stereocenters. The summed E-state index contributed by atoms with van der Waals surface area (Å²) in [6.45, 7) is 2.80. The normalized spacial score (nSPS) is 18.4. The molecule has 1 amide bonds. The fourth-order valence-electron chi connectivity index (χ4n) is 2.07. The standard InChI is InChI=1S/C14H20N2O3S/c1-9-6-12(18-2)13(19-3)7-10(9)16-14(17)11-8-20-5-4-15-11/h6-7,11,15H,4-5,8H2,1-3H3,(H,16,17). The molecule has 6 heteroatoms. The van der Waals surface area contributed by atoms with Gasteiger partial charge in [0.1, 0.15) is 0 Å². The van der Waals surface area contributed by atoms with Gasteiger partial charge in [-0.05, 0) is 18.6 Å². The van der Waals surface area contributed by atoms with E-state index < -0.39 is 0 Å². The van der Waals surface area contributed by atoms with Crippen molar-refractivity contribution in [2.75, 3.05) is 37.6 Å². The first-order chi connectivity index (χ1) is 9.65. The molecule has 1 heterocycles. The summed E-state index contributed by atoms with van der Waals surface area (Å²) < 4.78 is 10.5. The molecule has 0 radical (unpaired) electrons. The Balaban J connectivity index is 2.13. The molecule has 1 fully saturated rings.